The van der Waals surface area contributed by atoms with Crippen LogP contribution in [0.4, 0.5) is 0 Å². The molecule has 0 heterocycles. The smallest absolute Gasteiger partial charge is 0.303 e. The second-order valence-electron chi connectivity index (χ2n) is 9.31. The van der Waals surface area contributed by atoms with Crippen molar-refractivity contribution in [3.05, 3.63) is 23.5 Å². The van der Waals surface area contributed by atoms with Gasteiger partial charge >= 0.3 is 5.97 Å². The van der Waals surface area contributed by atoms with Crippen LogP contribution in [0, 0.1) is 29.1 Å². The Morgan fingerprint density at radius 3 is 2.56 bits per heavy atom. The zero-order chi connectivity index (χ0) is 19.4. The molecule has 0 radical (unpaired) electrons. The van der Waals surface area contributed by atoms with Crippen LogP contribution >= 0.6 is 0 Å². The van der Waals surface area contributed by atoms with E-state index < -0.39 is 5.60 Å². The molecule has 0 aromatic carbocycles. The zero-order valence-electron chi connectivity index (χ0n) is 17.0. The summed E-state index contributed by atoms with van der Waals surface area (Å²) in [6.45, 7) is 5.26. The van der Waals surface area contributed by atoms with Gasteiger partial charge in [0.2, 0.25) is 0 Å². The van der Waals surface area contributed by atoms with Crippen LogP contribution in [0.3, 0.4) is 0 Å². The third-order valence-electron chi connectivity index (χ3n) is 8.36. The quantitative estimate of drug-likeness (QED) is 0.680. The van der Waals surface area contributed by atoms with Gasteiger partial charge in [0, 0.05) is 18.8 Å². The fraction of sp³-hybridized carbons (Fsp3) is 0.739. The molecule has 4 nitrogen and oxygen atoms in total. The second kappa shape index (κ2) is 6.49. The monoisotopic (exact) mass is 372 g/mol. The summed E-state index contributed by atoms with van der Waals surface area (Å²) >= 11 is 0. The third kappa shape index (κ3) is 2.62. The molecule has 0 aromatic heterocycles. The van der Waals surface area contributed by atoms with Crippen LogP contribution in [0.1, 0.15) is 65.7 Å². The lowest BCUT2D eigenvalue weighted by Crippen LogP contribution is -2.57. The summed E-state index contributed by atoms with van der Waals surface area (Å²) in [6, 6.07) is 0. The van der Waals surface area contributed by atoms with Crippen LogP contribution in [0.2, 0.25) is 0 Å². The van der Waals surface area contributed by atoms with Gasteiger partial charge in [0.1, 0.15) is 0 Å². The molecule has 0 N–H and O–H groups in total. The summed E-state index contributed by atoms with van der Waals surface area (Å²) in [7, 11) is 1.76. The Morgan fingerprint density at radius 1 is 1.11 bits per heavy atom. The van der Waals surface area contributed by atoms with Crippen molar-refractivity contribution in [3.8, 4) is 0 Å². The molecule has 0 spiro atoms. The van der Waals surface area contributed by atoms with Gasteiger partial charge in [0.25, 0.3) is 0 Å². The van der Waals surface area contributed by atoms with Gasteiger partial charge in [0.05, 0.1) is 12.9 Å². The molecule has 0 amide bonds. The number of hydrogen-bond acceptors (Lipinski definition) is 4. The summed E-state index contributed by atoms with van der Waals surface area (Å²) in [5.41, 5.74) is 0.298. The summed E-state index contributed by atoms with van der Waals surface area (Å²) in [6.07, 6.45) is 11.7. The minimum atomic E-state index is -0.922. The Hall–Kier alpha value is -1.58. The first-order chi connectivity index (χ1) is 12.8. The lowest BCUT2D eigenvalue weighted by Gasteiger charge is -2.54. The highest BCUT2D eigenvalue weighted by molar-refractivity contribution is 5.89. The summed E-state index contributed by atoms with van der Waals surface area (Å²) in [5.74, 6) is 3.13. The van der Waals surface area contributed by atoms with Gasteiger partial charge in [-0.2, -0.15) is 0 Å². The van der Waals surface area contributed by atoms with Gasteiger partial charge < -0.3 is 9.47 Å². The maximum atomic E-state index is 12.7. The topological polar surface area (TPSA) is 52.6 Å². The molecule has 0 saturated heterocycles. The molecular weight excluding hydrogens is 340 g/mol. The average molecular weight is 373 g/mol. The van der Waals surface area contributed by atoms with Gasteiger partial charge in [0.15, 0.2) is 11.4 Å². The van der Waals surface area contributed by atoms with Gasteiger partial charge in [-0.25, -0.2) is 0 Å². The predicted octanol–water partition coefficient (Wildman–Crippen LogP) is 4.59. The molecule has 4 rings (SSSR count). The van der Waals surface area contributed by atoms with E-state index in [9.17, 15) is 9.59 Å². The van der Waals surface area contributed by atoms with E-state index in [2.05, 4.69) is 19.1 Å². The number of carbonyl (C=O) groups is 2. The van der Waals surface area contributed by atoms with Crippen LogP contribution < -0.4 is 0 Å². The molecule has 4 aliphatic rings. The largest absolute Gasteiger partial charge is 0.501 e. The molecule has 2 fully saturated rings. The first kappa shape index (κ1) is 18.8. The molecular formula is C23H32O4. The van der Waals surface area contributed by atoms with Crippen molar-refractivity contribution >= 4 is 11.8 Å². The van der Waals surface area contributed by atoms with Crippen molar-refractivity contribution in [2.24, 2.45) is 29.1 Å². The normalized spacial score (nSPS) is 42.8. The standard InChI is InChI=1S/C23H32O4/c1-14(24)23(27-15(2)25)12-10-21-20-7-5-16-13-17(26-4)6-8-18(16)19(20)9-11-22(21,23)3/h5,13,18-21H,6-12H2,1-4H3/t18-,19+,20+,21-,22-,23-/m0/s1. The number of Topliss-reactive ketones (excluding diaryl/α,β-unsaturated/α-hetero) is 1. The number of ketones is 1. The number of methoxy groups -OCH3 is 1. The number of allylic oxidation sites excluding steroid dienone is 4. The predicted molar refractivity (Wildman–Crippen MR) is 103 cm³/mol. The van der Waals surface area contributed by atoms with E-state index >= 15 is 0 Å². The number of rotatable bonds is 3. The molecule has 4 aliphatic carbocycles. The number of fused-ring (bicyclic) bond motifs is 5. The van der Waals surface area contributed by atoms with Gasteiger partial charge in [-0.1, -0.05) is 13.0 Å². The van der Waals surface area contributed by atoms with E-state index in [1.807, 2.05) is 0 Å². The summed E-state index contributed by atoms with van der Waals surface area (Å²) in [4.78, 5) is 24.6. The van der Waals surface area contributed by atoms with Crippen molar-refractivity contribution in [2.45, 2.75) is 71.3 Å². The van der Waals surface area contributed by atoms with Crippen molar-refractivity contribution in [1.29, 1.82) is 0 Å². The van der Waals surface area contributed by atoms with E-state index in [1.54, 1.807) is 14.0 Å². The zero-order valence-corrected chi connectivity index (χ0v) is 17.0. The van der Waals surface area contributed by atoms with Crippen LogP contribution in [-0.2, 0) is 19.1 Å². The van der Waals surface area contributed by atoms with E-state index in [0.717, 1.165) is 44.3 Å². The molecule has 0 bridgehead atoms. The molecule has 2 saturated carbocycles. The number of ether oxygens (including phenoxy) is 2. The average Bonchev–Trinajstić information content (AvgIpc) is 2.94. The maximum Gasteiger partial charge on any atom is 0.303 e. The highest BCUT2D eigenvalue weighted by atomic mass is 16.6. The van der Waals surface area contributed by atoms with Crippen LogP contribution in [-0.4, -0.2) is 24.5 Å². The van der Waals surface area contributed by atoms with Gasteiger partial charge in [-0.05, 0) is 80.8 Å². The SMILES string of the molecule is COC1=CC2=CC[C@@H]3[C@H](CC[C@@]4(C)[C@H]3CC[C@]4(OC(C)=O)C(C)=O)[C@H]2CC1. The van der Waals surface area contributed by atoms with Crippen molar-refractivity contribution < 1.29 is 19.1 Å². The lowest BCUT2D eigenvalue weighted by molar-refractivity contribution is -0.185. The van der Waals surface area contributed by atoms with Crippen LogP contribution in [0.5, 0.6) is 0 Å². The van der Waals surface area contributed by atoms with Crippen molar-refractivity contribution in [1.82, 2.24) is 0 Å². The molecule has 0 aromatic rings. The van der Waals surface area contributed by atoms with E-state index in [-0.39, 0.29) is 17.2 Å². The third-order valence-corrected chi connectivity index (χ3v) is 8.36. The minimum absolute atomic E-state index is 0.0264. The molecule has 0 aliphatic heterocycles. The highest BCUT2D eigenvalue weighted by Crippen LogP contribution is 2.65. The van der Waals surface area contributed by atoms with Gasteiger partial charge in [-0.3, -0.25) is 9.59 Å². The van der Waals surface area contributed by atoms with E-state index in [4.69, 9.17) is 9.47 Å². The minimum Gasteiger partial charge on any atom is -0.501 e. The summed E-state index contributed by atoms with van der Waals surface area (Å²) in [5, 5.41) is 0. The first-order valence-corrected chi connectivity index (χ1v) is 10.5. The van der Waals surface area contributed by atoms with E-state index in [0.29, 0.717) is 30.1 Å². The maximum absolute atomic E-state index is 12.7. The molecule has 4 heteroatoms. The molecule has 6 atom stereocenters. The molecule has 148 valence electrons. The lowest BCUT2D eigenvalue weighted by atomic mass is 9.51. The van der Waals surface area contributed by atoms with Gasteiger partial charge in [-0.15, -0.1) is 0 Å². The van der Waals surface area contributed by atoms with Crippen molar-refractivity contribution in [2.75, 3.05) is 7.11 Å². The van der Waals surface area contributed by atoms with Crippen LogP contribution in [0.15, 0.2) is 23.5 Å². The summed E-state index contributed by atoms with van der Waals surface area (Å²) < 4.78 is 11.3. The molecule has 27 heavy (non-hydrogen) atoms. The Balaban J connectivity index is 1.66. The Labute approximate surface area is 162 Å². The Morgan fingerprint density at radius 2 is 1.89 bits per heavy atom. The highest BCUT2D eigenvalue weighted by Gasteiger charge is 2.66. The van der Waals surface area contributed by atoms with E-state index in [1.165, 1.54) is 12.5 Å². The number of carbonyl (C=O) groups excluding carboxylic acids is 2. The second-order valence-corrected chi connectivity index (χ2v) is 9.31. The van der Waals surface area contributed by atoms with Crippen LogP contribution in [0.25, 0.3) is 0 Å². The number of esters is 1. The fourth-order valence-corrected chi connectivity index (χ4v) is 7.15. The number of hydrogen-bond donors (Lipinski definition) is 0. The Kier molecular flexibility index (Phi) is 4.51. The van der Waals surface area contributed by atoms with Crippen molar-refractivity contribution in [3.63, 3.8) is 0 Å². The first-order valence-electron chi connectivity index (χ1n) is 10.5. The fourth-order valence-electron chi connectivity index (χ4n) is 7.15. The molecule has 0 unspecified atom stereocenters. The Bertz CT molecular complexity index is 720.